The van der Waals surface area contributed by atoms with Crippen LogP contribution in [0.3, 0.4) is 0 Å². The molecule has 0 N–H and O–H groups in total. The van der Waals surface area contributed by atoms with Crippen LogP contribution < -0.4 is 0 Å². The fourth-order valence-corrected chi connectivity index (χ4v) is 0. The molecular weight excluding hydrogens is 545 g/mol. The lowest BCUT2D eigenvalue weighted by Gasteiger charge is -1.51. The first-order valence-corrected chi connectivity index (χ1v) is 19.6. The molecule has 0 radical (unpaired) electrons. The minimum absolute atomic E-state index is 0. The Bertz CT molecular complexity index is 50.0. The zero-order valence-corrected chi connectivity index (χ0v) is 25.8. The van der Waals surface area contributed by atoms with Crippen molar-refractivity contribution in [2.75, 3.05) is 100 Å². The van der Waals surface area contributed by atoms with E-state index in [1.54, 1.807) is 94.1 Å². The largest absolute Gasteiger partial charge is 0.169 e. The van der Waals surface area contributed by atoms with Crippen molar-refractivity contribution in [3.8, 4) is 0 Å². The van der Waals surface area contributed by atoms with Crippen molar-refractivity contribution in [2.45, 2.75) is 59.4 Å². The van der Waals surface area contributed by atoms with E-state index in [1.165, 1.54) is 0 Å². The van der Waals surface area contributed by atoms with E-state index in [0.29, 0.717) is 0 Å². The van der Waals surface area contributed by atoms with Gasteiger partial charge in [0.1, 0.15) is 0 Å². The fourth-order valence-electron chi connectivity index (χ4n) is 0. The van der Waals surface area contributed by atoms with Crippen LogP contribution in [0, 0.1) is 0 Å². The third-order valence-corrected chi connectivity index (χ3v) is 0. The molecule has 0 rings (SSSR count). The van der Waals surface area contributed by atoms with Gasteiger partial charge in [0, 0.05) is 0 Å². The maximum absolute atomic E-state index is 2.04. The first-order chi connectivity index (χ1) is 11.3. The van der Waals surface area contributed by atoms with Gasteiger partial charge in [0.05, 0.1) is 0 Å². The third-order valence-electron chi connectivity index (χ3n) is 0. The van der Waals surface area contributed by atoms with Gasteiger partial charge in [0.25, 0.3) is 0 Å². The molecule has 0 aromatic rings. The van der Waals surface area contributed by atoms with Crippen molar-refractivity contribution in [2.24, 2.45) is 0 Å². The predicted molar refractivity (Wildman–Crippen MR) is 209 cm³/mol. The van der Waals surface area contributed by atoms with Crippen LogP contribution in [-0.2, 0) is 0 Å². The van der Waals surface area contributed by atoms with E-state index in [2.05, 4.69) is 0 Å². The van der Waals surface area contributed by atoms with Gasteiger partial charge in [-0.3, -0.25) is 0 Å². The second kappa shape index (κ2) is 312. The molecule has 0 bridgehead atoms. The summed E-state index contributed by atoms with van der Waals surface area (Å²) in [6.07, 6.45) is 32.7. The first-order valence-electron chi connectivity index (χ1n) is 6.53. The number of rotatable bonds is 0. The molecule has 0 aromatic heterocycles. The van der Waals surface area contributed by atoms with Crippen LogP contribution in [0.15, 0.2) is 0 Å². The summed E-state index contributed by atoms with van der Waals surface area (Å²) in [7, 11) is 0. The van der Waals surface area contributed by atoms with Gasteiger partial charge in [0.15, 0.2) is 0 Å². The molecule has 224 valence electrons. The van der Waals surface area contributed by atoms with E-state index < -0.39 is 0 Å². The predicted octanol–water partition coefficient (Wildman–Crippen LogP) is 12.9. The monoisotopic (exact) mass is 624 g/mol. The lowest BCUT2D eigenvalue weighted by atomic mass is 11.9. The van der Waals surface area contributed by atoms with Crippen LogP contribution in [0.4, 0.5) is 0 Å². The molecule has 0 fully saturated rings. The summed E-state index contributed by atoms with van der Waals surface area (Å²) in [5, 5.41) is 0. The Hall–Kier alpha value is 2.80. The number of thioether (sulfide) groups is 8. The quantitative estimate of drug-likeness (QED) is 0.258. The Morgan fingerprint density at radius 3 is 0.156 bits per heavy atom. The SMILES string of the molecule is C.C.C.C.C.C.C.C.CSC.CSC.CSC.CSC.CSC.CSC.CSC.CSC. The van der Waals surface area contributed by atoms with Gasteiger partial charge in [0.2, 0.25) is 0 Å². The van der Waals surface area contributed by atoms with Gasteiger partial charge in [-0.2, -0.15) is 94.1 Å². The maximum Gasteiger partial charge on any atom is -0.0187 e. The first kappa shape index (κ1) is 112. The minimum Gasteiger partial charge on any atom is -0.169 e. The van der Waals surface area contributed by atoms with E-state index in [1.807, 2.05) is 100 Å². The lowest BCUT2D eigenvalue weighted by Crippen LogP contribution is -1.25. The van der Waals surface area contributed by atoms with Gasteiger partial charge in [-0.05, 0) is 100 Å². The standard InChI is InChI=1S/8C2H6S.8CH4/c8*1-3-2;;;;;;;;/h8*1-2H3;8*1H4. The Morgan fingerprint density at radius 1 is 0.156 bits per heavy atom. The summed E-state index contributed by atoms with van der Waals surface area (Å²) < 4.78 is 0. The Balaban J connectivity index is -0.00000000631. The highest BCUT2D eigenvalue weighted by atomic mass is 32.2. The van der Waals surface area contributed by atoms with Crippen LogP contribution in [0.25, 0.3) is 0 Å². The molecule has 0 nitrogen and oxygen atoms in total. The topological polar surface area (TPSA) is 0 Å². The number of hydrogen-bond donors (Lipinski definition) is 0. The van der Waals surface area contributed by atoms with Crippen LogP contribution in [0.1, 0.15) is 59.4 Å². The average Bonchev–Trinajstić information content (AvgIpc) is 2.45. The van der Waals surface area contributed by atoms with Crippen LogP contribution in [0.5, 0.6) is 0 Å². The summed E-state index contributed by atoms with van der Waals surface area (Å²) >= 11 is 14.0. The smallest absolute Gasteiger partial charge is 0.0187 e. The maximum atomic E-state index is 2.04. The summed E-state index contributed by atoms with van der Waals surface area (Å²) in [6.45, 7) is 0. The molecule has 0 amide bonds. The molecule has 0 saturated heterocycles. The average molecular weight is 625 g/mol. The molecule has 0 saturated carbocycles. The Kier molecular flexibility index (Phi) is 1100. The molecule has 0 aliphatic carbocycles. The Labute approximate surface area is 251 Å². The van der Waals surface area contributed by atoms with Gasteiger partial charge < -0.3 is 0 Å². The molecular formula is C24H80S8. The van der Waals surface area contributed by atoms with Crippen molar-refractivity contribution >= 4 is 94.1 Å². The zero-order chi connectivity index (χ0) is 21.7. The van der Waals surface area contributed by atoms with Crippen molar-refractivity contribution in [1.29, 1.82) is 0 Å². The van der Waals surface area contributed by atoms with E-state index in [9.17, 15) is 0 Å². The van der Waals surface area contributed by atoms with Crippen LogP contribution >= 0.6 is 94.1 Å². The molecule has 0 aliphatic rings. The molecule has 32 heavy (non-hydrogen) atoms. The highest BCUT2D eigenvalue weighted by molar-refractivity contribution is 7.99. The molecule has 0 atom stereocenters. The lowest BCUT2D eigenvalue weighted by molar-refractivity contribution is 2.37. The fraction of sp³-hybridized carbons (Fsp3) is 1.00. The van der Waals surface area contributed by atoms with Crippen molar-refractivity contribution in [3.05, 3.63) is 0 Å². The molecule has 0 aromatic carbocycles. The normalized spacial score (nSPS) is 4.50. The highest BCUT2D eigenvalue weighted by Crippen LogP contribution is 1.72. The van der Waals surface area contributed by atoms with Crippen LogP contribution in [0.2, 0.25) is 0 Å². The molecule has 0 spiro atoms. The van der Waals surface area contributed by atoms with Crippen molar-refractivity contribution < 1.29 is 0 Å². The number of hydrogen-bond acceptors (Lipinski definition) is 8. The zero-order valence-electron chi connectivity index (χ0n) is 19.3. The second-order valence-corrected chi connectivity index (χ2v) is 9.80. The summed E-state index contributed by atoms with van der Waals surface area (Å²) in [5.41, 5.74) is 0. The van der Waals surface area contributed by atoms with E-state index >= 15 is 0 Å². The van der Waals surface area contributed by atoms with E-state index in [0.717, 1.165) is 0 Å². The summed E-state index contributed by atoms with van der Waals surface area (Å²) in [6, 6.07) is 0. The van der Waals surface area contributed by atoms with Crippen molar-refractivity contribution in [1.82, 2.24) is 0 Å². The van der Waals surface area contributed by atoms with Gasteiger partial charge in [-0.1, -0.05) is 59.4 Å². The molecule has 8 heteroatoms. The Morgan fingerprint density at radius 2 is 0.156 bits per heavy atom. The van der Waals surface area contributed by atoms with Gasteiger partial charge in [-0.25, -0.2) is 0 Å². The third kappa shape index (κ3) is 4230. The summed E-state index contributed by atoms with van der Waals surface area (Å²) in [4.78, 5) is 0. The summed E-state index contributed by atoms with van der Waals surface area (Å²) in [5.74, 6) is 0. The van der Waals surface area contributed by atoms with E-state index in [-0.39, 0.29) is 59.4 Å². The highest BCUT2D eigenvalue weighted by Gasteiger charge is 1.34. The molecule has 0 heterocycles. The second-order valence-electron chi connectivity index (χ2n) is 3.27. The van der Waals surface area contributed by atoms with Crippen LogP contribution in [-0.4, -0.2) is 100 Å². The minimum atomic E-state index is 0. The van der Waals surface area contributed by atoms with Gasteiger partial charge in [-0.15, -0.1) is 0 Å². The molecule has 0 aliphatic heterocycles. The van der Waals surface area contributed by atoms with Gasteiger partial charge >= 0.3 is 0 Å². The van der Waals surface area contributed by atoms with Crippen molar-refractivity contribution in [3.63, 3.8) is 0 Å². The van der Waals surface area contributed by atoms with E-state index in [4.69, 9.17) is 0 Å². The molecule has 0 unspecified atom stereocenters.